The zero-order valence-corrected chi connectivity index (χ0v) is 32.6. The van der Waals surface area contributed by atoms with Crippen molar-refractivity contribution in [3.05, 3.63) is 24.3 Å². The van der Waals surface area contributed by atoms with Gasteiger partial charge in [0.05, 0.1) is 25.4 Å². The molecule has 1 heterocycles. The number of hydrogen-bond acceptors (Lipinski definition) is 8. The summed E-state index contributed by atoms with van der Waals surface area (Å²) < 4.78 is 11.2. The summed E-state index contributed by atoms with van der Waals surface area (Å²) in [6.07, 6.45) is 30.7. The van der Waals surface area contributed by atoms with Crippen LogP contribution in [0.4, 0.5) is 0 Å². The molecule has 0 saturated carbocycles. The van der Waals surface area contributed by atoms with Crippen molar-refractivity contribution >= 4 is 5.91 Å². The average Bonchev–Trinajstić information content (AvgIpc) is 3.13. The summed E-state index contributed by atoms with van der Waals surface area (Å²) in [5.41, 5.74) is 0. The molecule has 0 aromatic carbocycles. The zero-order valence-electron chi connectivity index (χ0n) is 32.6. The van der Waals surface area contributed by atoms with Gasteiger partial charge < -0.3 is 40.3 Å². The van der Waals surface area contributed by atoms with Crippen molar-refractivity contribution in [3.8, 4) is 0 Å². The monoisotopic (exact) mass is 726 g/mol. The van der Waals surface area contributed by atoms with Crippen molar-refractivity contribution in [2.24, 2.45) is 0 Å². The molecule has 0 radical (unpaired) electrons. The van der Waals surface area contributed by atoms with Gasteiger partial charge in [0.1, 0.15) is 24.4 Å². The second-order valence-corrected chi connectivity index (χ2v) is 14.8. The molecule has 1 rings (SSSR count). The van der Waals surface area contributed by atoms with Crippen molar-refractivity contribution in [2.75, 3.05) is 13.2 Å². The first-order valence-electron chi connectivity index (χ1n) is 21.1. The van der Waals surface area contributed by atoms with E-state index in [1.807, 2.05) is 6.08 Å². The predicted molar refractivity (Wildman–Crippen MR) is 207 cm³/mol. The van der Waals surface area contributed by atoms with Crippen LogP contribution in [0.25, 0.3) is 0 Å². The normalized spacial score (nSPS) is 22.2. The van der Waals surface area contributed by atoms with Gasteiger partial charge in [0.25, 0.3) is 0 Å². The highest BCUT2D eigenvalue weighted by molar-refractivity contribution is 5.76. The quantitative estimate of drug-likeness (QED) is 0.0289. The van der Waals surface area contributed by atoms with Gasteiger partial charge in [-0.25, -0.2) is 0 Å². The van der Waals surface area contributed by atoms with E-state index in [2.05, 4.69) is 31.3 Å². The fourth-order valence-electron chi connectivity index (χ4n) is 6.56. The van der Waals surface area contributed by atoms with Gasteiger partial charge in [0.2, 0.25) is 5.91 Å². The average molecular weight is 726 g/mol. The molecule has 1 amide bonds. The number of amides is 1. The molecule has 1 saturated heterocycles. The van der Waals surface area contributed by atoms with E-state index in [-0.39, 0.29) is 12.5 Å². The second-order valence-electron chi connectivity index (χ2n) is 14.8. The van der Waals surface area contributed by atoms with Crippen molar-refractivity contribution in [2.45, 2.75) is 224 Å². The first kappa shape index (κ1) is 47.7. The lowest BCUT2D eigenvalue weighted by molar-refractivity contribution is -0.302. The van der Waals surface area contributed by atoms with Crippen LogP contribution in [0.15, 0.2) is 24.3 Å². The Balaban J connectivity index is 2.42. The van der Waals surface area contributed by atoms with Gasteiger partial charge in [0.15, 0.2) is 6.29 Å². The van der Waals surface area contributed by atoms with Gasteiger partial charge in [-0.15, -0.1) is 0 Å². The first-order valence-corrected chi connectivity index (χ1v) is 21.1. The lowest BCUT2D eigenvalue weighted by atomic mass is 9.99. The zero-order chi connectivity index (χ0) is 37.4. The summed E-state index contributed by atoms with van der Waals surface area (Å²) in [5.74, 6) is -0.187. The molecular weight excluding hydrogens is 646 g/mol. The maximum absolute atomic E-state index is 12.9. The molecule has 1 aliphatic rings. The Labute approximate surface area is 311 Å². The second kappa shape index (κ2) is 33.3. The Kier molecular flexibility index (Phi) is 31.1. The van der Waals surface area contributed by atoms with E-state index < -0.39 is 49.5 Å². The Morgan fingerprint density at radius 1 is 0.647 bits per heavy atom. The molecule has 6 N–H and O–H groups in total. The molecule has 7 atom stereocenters. The third-order valence-electron chi connectivity index (χ3n) is 10.0. The van der Waals surface area contributed by atoms with Crippen LogP contribution in [0.2, 0.25) is 0 Å². The maximum Gasteiger partial charge on any atom is 0.220 e. The van der Waals surface area contributed by atoms with E-state index in [1.165, 1.54) is 103 Å². The third-order valence-corrected chi connectivity index (χ3v) is 10.0. The Hall–Kier alpha value is -1.33. The molecular formula is C42H79NO8. The molecule has 0 aromatic rings. The van der Waals surface area contributed by atoms with Crippen LogP contribution < -0.4 is 5.32 Å². The number of carbonyl (C=O) groups is 1. The number of carbonyl (C=O) groups excluding carboxylic acids is 1. The highest BCUT2D eigenvalue weighted by atomic mass is 16.7. The number of hydrogen-bond donors (Lipinski definition) is 6. The highest BCUT2D eigenvalue weighted by Crippen LogP contribution is 2.22. The molecule has 9 nitrogen and oxygen atoms in total. The largest absolute Gasteiger partial charge is 0.394 e. The summed E-state index contributed by atoms with van der Waals surface area (Å²) in [4.78, 5) is 12.9. The van der Waals surface area contributed by atoms with Crippen molar-refractivity contribution < 1.29 is 39.8 Å². The number of aliphatic hydroxyl groups is 5. The van der Waals surface area contributed by atoms with E-state index in [0.717, 1.165) is 57.8 Å². The van der Waals surface area contributed by atoms with Crippen LogP contribution in [0.5, 0.6) is 0 Å². The van der Waals surface area contributed by atoms with Crippen LogP contribution in [-0.2, 0) is 14.3 Å². The van der Waals surface area contributed by atoms with Gasteiger partial charge in [-0.2, -0.15) is 0 Å². The first-order chi connectivity index (χ1) is 24.8. The Bertz CT molecular complexity index is 853. The summed E-state index contributed by atoms with van der Waals surface area (Å²) in [7, 11) is 0. The van der Waals surface area contributed by atoms with Gasteiger partial charge in [-0.1, -0.05) is 154 Å². The standard InChI is InChI=1S/C42H79NO8/c1-3-5-7-9-11-13-15-17-18-20-22-24-26-28-30-32-38(46)43-35(34-50-42-41(49)40(48)39(47)37(33-44)51-42)36(45)31-29-27-25-23-21-19-16-14-12-10-8-6-4-2/h17-18,29,31,35-37,39-42,44-45,47-49H,3-16,19-28,30,32-34H2,1-2H3,(H,43,46)/b18-17-,31-29+/t35-,36+,37?,39-,40-,41?,42+/m0/s1. The molecule has 0 spiro atoms. The highest BCUT2D eigenvalue weighted by Gasteiger charge is 2.44. The van der Waals surface area contributed by atoms with Crippen LogP contribution in [0, 0.1) is 0 Å². The van der Waals surface area contributed by atoms with E-state index in [4.69, 9.17) is 9.47 Å². The SMILES string of the molecule is CCCCCCCC/C=C\CCCCCCCC(=O)N[C@@H](CO[C@@H]1OC(CO)[C@H](O)[C@H](O)C1O)[C@H](O)/C=C/CCCCCCCCCCCCC. The van der Waals surface area contributed by atoms with E-state index in [0.29, 0.717) is 6.42 Å². The summed E-state index contributed by atoms with van der Waals surface area (Å²) in [5, 5.41) is 54.0. The van der Waals surface area contributed by atoms with Gasteiger partial charge in [-0.05, 0) is 44.9 Å². The Morgan fingerprint density at radius 3 is 1.59 bits per heavy atom. The summed E-state index contributed by atoms with van der Waals surface area (Å²) in [6.45, 7) is 3.74. The van der Waals surface area contributed by atoms with E-state index in [9.17, 15) is 30.3 Å². The minimum Gasteiger partial charge on any atom is -0.394 e. The molecule has 0 aliphatic carbocycles. The van der Waals surface area contributed by atoms with Crippen LogP contribution in [-0.4, -0.2) is 87.5 Å². The van der Waals surface area contributed by atoms with Crippen LogP contribution in [0.1, 0.15) is 181 Å². The van der Waals surface area contributed by atoms with Crippen molar-refractivity contribution in [1.29, 1.82) is 0 Å². The number of rotatable bonds is 34. The molecule has 0 aromatic heterocycles. The number of nitrogens with one attached hydrogen (secondary N) is 1. The lowest BCUT2D eigenvalue weighted by Gasteiger charge is -2.40. The molecule has 51 heavy (non-hydrogen) atoms. The number of aliphatic hydroxyl groups excluding tert-OH is 5. The number of ether oxygens (including phenoxy) is 2. The predicted octanol–water partition coefficient (Wildman–Crippen LogP) is 7.94. The van der Waals surface area contributed by atoms with Crippen LogP contribution >= 0.6 is 0 Å². The molecule has 0 bridgehead atoms. The van der Waals surface area contributed by atoms with E-state index >= 15 is 0 Å². The number of unbranched alkanes of at least 4 members (excludes halogenated alkanes) is 22. The molecule has 1 aliphatic heterocycles. The molecule has 300 valence electrons. The van der Waals surface area contributed by atoms with Gasteiger partial charge >= 0.3 is 0 Å². The Morgan fingerprint density at radius 2 is 1.10 bits per heavy atom. The van der Waals surface area contributed by atoms with Gasteiger partial charge in [-0.3, -0.25) is 4.79 Å². The summed E-state index contributed by atoms with van der Waals surface area (Å²) >= 11 is 0. The minimum absolute atomic E-state index is 0.187. The molecule has 1 fully saturated rings. The van der Waals surface area contributed by atoms with Crippen LogP contribution in [0.3, 0.4) is 0 Å². The molecule has 9 heteroatoms. The third kappa shape index (κ3) is 24.6. The lowest BCUT2D eigenvalue weighted by Crippen LogP contribution is -2.60. The van der Waals surface area contributed by atoms with E-state index in [1.54, 1.807) is 6.08 Å². The maximum atomic E-state index is 12.9. The number of allylic oxidation sites excluding steroid dienone is 3. The van der Waals surface area contributed by atoms with Crippen molar-refractivity contribution in [1.82, 2.24) is 5.32 Å². The fourth-order valence-corrected chi connectivity index (χ4v) is 6.56. The fraction of sp³-hybridized carbons (Fsp3) is 0.881. The smallest absolute Gasteiger partial charge is 0.220 e. The molecule has 2 unspecified atom stereocenters. The van der Waals surface area contributed by atoms with Gasteiger partial charge in [0, 0.05) is 6.42 Å². The summed E-state index contributed by atoms with van der Waals surface area (Å²) in [6, 6.07) is -0.804. The van der Waals surface area contributed by atoms with Crippen molar-refractivity contribution in [3.63, 3.8) is 0 Å². The minimum atomic E-state index is -1.56. The topological polar surface area (TPSA) is 149 Å².